The molecule has 0 bridgehead atoms. The zero-order valence-corrected chi connectivity index (χ0v) is 16.4. The highest BCUT2D eigenvalue weighted by atomic mass is 35.5. The first-order valence-corrected chi connectivity index (χ1v) is 8.18. The van der Waals surface area contributed by atoms with Crippen LogP contribution >= 0.6 is 36.4 Å². The normalized spacial score (nSPS) is 14.5. The number of benzene rings is 1. The molecule has 1 fully saturated rings. The van der Waals surface area contributed by atoms with E-state index >= 15 is 0 Å². The van der Waals surface area contributed by atoms with Crippen LogP contribution in [0, 0.1) is 5.82 Å². The van der Waals surface area contributed by atoms with Gasteiger partial charge in [0.2, 0.25) is 0 Å². The fourth-order valence-electron chi connectivity index (χ4n) is 2.80. The van der Waals surface area contributed by atoms with Gasteiger partial charge in [0.25, 0.3) is 5.91 Å². The van der Waals surface area contributed by atoms with E-state index in [-0.39, 0.29) is 43.1 Å². The summed E-state index contributed by atoms with van der Waals surface area (Å²) in [5, 5.41) is 0.432. The lowest BCUT2D eigenvalue weighted by molar-refractivity contribution is 0.0626. The number of halogens is 4. The Morgan fingerprint density at radius 1 is 1.23 bits per heavy atom. The molecule has 2 heterocycles. The predicted octanol–water partition coefficient (Wildman–Crippen LogP) is 3.33. The molecular weight excluding hydrogens is 404 g/mol. The Morgan fingerprint density at radius 2 is 1.92 bits per heavy atom. The number of nitrogens with two attached hydrogens (primary N) is 1. The molecule has 1 aliphatic heterocycles. The first-order valence-electron chi connectivity index (χ1n) is 7.80. The van der Waals surface area contributed by atoms with Crippen molar-refractivity contribution in [3.05, 3.63) is 58.3 Å². The fourth-order valence-corrected chi connectivity index (χ4v) is 3.02. The predicted molar refractivity (Wildman–Crippen MR) is 104 cm³/mol. The highest BCUT2D eigenvalue weighted by Gasteiger charge is 2.24. The highest BCUT2D eigenvalue weighted by molar-refractivity contribution is 6.31. The van der Waals surface area contributed by atoms with E-state index in [1.165, 1.54) is 12.3 Å². The number of amides is 1. The monoisotopic (exact) mass is 423 g/mol. The van der Waals surface area contributed by atoms with Gasteiger partial charge >= 0.3 is 0 Å². The molecule has 0 radical (unpaired) electrons. The van der Waals surface area contributed by atoms with Gasteiger partial charge in [-0.25, -0.2) is 4.39 Å². The molecule has 5 nitrogen and oxygen atoms in total. The molecule has 0 spiro atoms. The summed E-state index contributed by atoms with van der Waals surface area (Å²) in [6.45, 7) is 3.19. The molecule has 0 unspecified atom stereocenters. The minimum Gasteiger partial charge on any atom is -0.467 e. The van der Waals surface area contributed by atoms with E-state index in [1.807, 2.05) is 0 Å². The standard InChI is InChI=1S/C17H19ClFN3O2.2ClH/c18-15-2-1-3-16(19)14(15)10-21-4-6-22(7-5-21)17(23)12-8-13(9-20)24-11-12;;/h1-3,8,11H,4-7,9-10,20H2;2*1H. The second-order valence-corrected chi connectivity index (χ2v) is 6.18. The van der Waals surface area contributed by atoms with E-state index in [9.17, 15) is 9.18 Å². The topological polar surface area (TPSA) is 62.7 Å². The van der Waals surface area contributed by atoms with Crippen molar-refractivity contribution in [2.45, 2.75) is 13.1 Å². The third-order valence-electron chi connectivity index (χ3n) is 4.20. The van der Waals surface area contributed by atoms with Crippen LogP contribution in [-0.4, -0.2) is 41.9 Å². The van der Waals surface area contributed by atoms with Crippen molar-refractivity contribution in [2.75, 3.05) is 26.2 Å². The van der Waals surface area contributed by atoms with Crippen LogP contribution < -0.4 is 5.73 Å². The van der Waals surface area contributed by atoms with Gasteiger partial charge < -0.3 is 15.1 Å². The maximum Gasteiger partial charge on any atom is 0.257 e. The molecular formula is C17H21Cl3FN3O2. The van der Waals surface area contributed by atoms with Crippen molar-refractivity contribution in [2.24, 2.45) is 5.73 Å². The molecule has 1 aliphatic rings. The second kappa shape index (κ2) is 10.1. The quantitative estimate of drug-likeness (QED) is 0.818. The van der Waals surface area contributed by atoms with Crippen LogP contribution in [0.3, 0.4) is 0 Å². The molecule has 0 saturated carbocycles. The summed E-state index contributed by atoms with van der Waals surface area (Å²) in [7, 11) is 0. The van der Waals surface area contributed by atoms with Crippen LogP contribution in [-0.2, 0) is 13.1 Å². The molecule has 1 amide bonds. The lowest BCUT2D eigenvalue weighted by Gasteiger charge is -2.34. The van der Waals surface area contributed by atoms with Crippen molar-refractivity contribution in [1.29, 1.82) is 0 Å². The lowest BCUT2D eigenvalue weighted by atomic mass is 10.1. The third kappa shape index (κ3) is 5.11. The van der Waals surface area contributed by atoms with E-state index in [0.717, 1.165) is 0 Å². The zero-order valence-electron chi connectivity index (χ0n) is 14.0. The molecule has 26 heavy (non-hydrogen) atoms. The van der Waals surface area contributed by atoms with Gasteiger partial charge in [-0.2, -0.15) is 0 Å². The maximum atomic E-state index is 13.9. The number of nitrogens with zero attached hydrogens (tertiary/aromatic N) is 2. The smallest absolute Gasteiger partial charge is 0.257 e. The molecule has 1 aromatic carbocycles. The van der Waals surface area contributed by atoms with Crippen molar-refractivity contribution in [1.82, 2.24) is 9.80 Å². The van der Waals surface area contributed by atoms with Gasteiger partial charge in [0, 0.05) is 43.3 Å². The summed E-state index contributed by atoms with van der Waals surface area (Å²) >= 11 is 6.07. The summed E-state index contributed by atoms with van der Waals surface area (Å²) in [6.07, 6.45) is 1.44. The van der Waals surface area contributed by atoms with E-state index in [4.69, 9.17) is 21.8 Å². The fraction of sp³-hybridized carbons (Fsp3) is 0.353. The summed E-state index contributed by atoms with van der Waals surface area (Å²) in [5.41, 5.74) is 6.51. The Balaban J connectivity index is 0.00000169. The molecule has 1 aromatic heterocycles. The Kier molecular flexibility index (Phi) is 8.86. The van der Waals surface area contributed by atoms with Crippen molar-refractivity contribution in [3.63, 3.8) is 0 Å². The number of rotatable bonds is 4. The summed E-state index contributed by atoms with van der Waals surface area (Å²) < 4.78 is 19.1. The van der Waals surface area contributed by atoms with Crippen LogP contribution in [0.1, 0.15) is 21.7 Å². The first-order chi connectivity index (χ1) is 11.6. The molecule has 1 saturated heterocycles. The van der Waals surface area contributed by atoms with Gasteiger partial charge in [0.1, 0.15) is 17.8 Å². The van der Waals surface area contributed by atoms with Crippen molar-refractivity contribution >= 4 is 42.3 Å². The van der Waals surface area contributed by atoms with E-state index in [2.05, 4.69) is 4.90 Å². The van der Waals surface area contributed by atoms with Gasteiger partial charge in [-0.1, -0.05) is 17.7 Å². The van der Waals surface area contributed by atoms with E-state index in [1.54, 1.807) is 23.1 Å². The molecule has 0 atom stereocenters. The average molecular weight is 425 g/mol. The number of furan rings is 1. The molecule has 144 valence electrons. The third-order valence-corrected chi connectivity index (χ3v) is 4.56. The molecule has 0 aliphatic carbocycles. The van der Waals surface area contributed by atoms with E-state index < -0.39 is 0 Å². The Hall–Kier alpha value is -1.31. The Bertz CT molecular complexity index is 714. The molecule has 2 aromatic rings. The van der Waals surface area contributed by atoms with Gasteiger partial charge in [0.15, 0.2) is 0 Å². The largest absolute Gasteiger partial charge is 0.467 e. The zero-order chi connectivity index (χ0) is 17.1. The van der Waals surface area contributed by atoms with Crippen molar-refractivity contribution in [3.8, 4) is 0 Å². The van der Waals surface area contributed by atoms with Crippen LogP contribution in [0.2, 0.25) is 5.02 Å². The number of piperazine rings is 1. The Labute approximate surface area is 169 Å². The second-order valence-electron chi connectivity index (χ2n) is 5.77. The van der Waals surface area contributed by atoms with Gasteiger partial charge in [-0.3, -0.25) is 9.69 Å². The minimum atomic E-state index is -0.297. The molecule has 2 N–H and O–H groups in total. The average Bonchev–Trinajstić information content (AvgIpc) is 3.07. The number of hydrogen-bond donors (Lipinski definition) is 1. The van der Waals surface area contributed by atoms with Crippen molar-refractivity contribution < 1.29 is 13.6 Å². The summed E-state index contributed by atoms with van der Waals surface area (Å²) in [5.74, 6) is 0.224. The van der Waals surface area contributed by atoms with Crippen LogP contribution in [0.4, 0.5) is 4.39 Å². The van der Waals surface area contributed by atoms with Crippen LogP contribution in [0.25, 0.3) is 0 Å². The molecule has 3 rings (SSSR count). The number of carbonyl (C=O) groups excluding carboxylic acids is 1. The minimum absolute atomic E-state index is 0. The number of carbonyl (C=O) groups is 1. The summed E-state index contributed by atoms with van der Waals surface area (Å²) in [4.78, 5) is 16.3. The lowest BCUT2D eigenvalue weighted by Crippen LogP contribution is -2.48. The first kappa shape index (κ1) is 22.7. The van der Waals surface area contributed by atoms with E-state index in [0.29, 0.717) is 54.6 Å². The number of hydrogen-bond acceptors (Lipinski definition) is 4. The van der Waals surface area contributed by atoms with Gasteiger partial charge in [-0.15, -0.1) is 24.8 Å². The van der Waals surface area contributed by atoms with Gasteiger partial charge in [0.05, 0.1) is 12.1 Å². The van der Waals surface area contributed by atoms with Crippen LogP contribution in [0.15, 0.2) is 34.9 Å². The molecule has 9 heteroatoms. The summed E-state index contributed by atoms with van der Waals surface area (Å²) in [6, 6.07) is 6.37. The SMILES string of the molecule is Cl.Cl.NCc1cc(C(=O)N2CCN(Cc3c(F)cccc3Cl)CC2)co1. The Morgan fingerprint density at radius 3 is 2.50 bits per heavy atom. The maximum absolute atomic E-state index is 13.9. The highest BCUT2D eigenvalue weighted by Crippen LogP contribution is 2.21. The van der Waals surface area contributed by atoms with Crippen LogP contribution in [0.5, 0.6) is 0 Å². The van der Waals surface area contributed by atoms with Gasteiger partial charge in [-0.05, 0) is 18.2 Å².